The molecule has 2 N–H and O–H groups in total. The third-order valence-electron chi connectivity index (χ3n) is 3.96. The Morgan fingerprint density at radius 1 is 1.36 bits per heavy atom. The van der Waals surface area contributed by atoms with Crippen molar-refractivity contribution in [3.05, 3.63) is 40.9 Å². The zero-order valence-electron chi connectivity index (χ0n) is 12.1. The molecule has 1 amide bonds. The topological polar surface area (TPSA) is 79.3 Å². The fourth-order valence-electron chi connectivity index (χ4n) is 2.49. The van der Waals surface area contributed by atoms with Gasteiger partial charge in [-0.3, -0.25) is 4.79 Å². The lowest BCUT2D eigenvalue weighted by atomic mass is 9.76. The van der Waals surface area contributed by atoms with Gasteiger partial charge in [0.05, 0.1) is 0 Å². The van der Waals surface area contributed by atoms with Crippen molar-refractivity contribution in [2.45, 2.75) is 31.7 Å². The number of hydrogen-bond acceptors (Lipinski definition) is 4. The van der Waals surface area contributed by atoms with Crippen LogP contribution in [0.3, 0.4) is 0 Å². The van der Waals surface area contributed by atoms with E-state index in [-0.39, 0.29) is 5.91 Å². The first-order valence-corrected chi connectivity index (χ1v) is 7.97. The van der Waals surface area contributed by atoms with E-state index in [0.717, 1.165) is 22.7 Å². The quantitative estimate of drug-likeness (QED) is 0.909. The van der Waals surface area contributed by atoms with E-state index in [2.05, 4.69) is 10.3 Å². The number of aromatic nitrogens is 1. The Labute approximate surface area is 132 Å². The number of thiazole rings is 1. The van der Waals surface area contributed by atoms with Crippen LogP contribution in [0.2, 0.25) is 0 Å². The minimum atomic E-state index is -1.09. The molecule has 0 unspecified atom stereocenters. The normalized spacial score (nSPS) is 15.9. The average Bonchev–Trinajstić information content (AvgIpc) is 2.89. The highest BCUT2D eigenvalue weighted by Gasteiger charge is 2.45. The lowest BCUT2D eigenvalue weighted by Gasteiger charge is -2.38. The first kappa shape index (κ1) is 14.7. The highest BCUT2D eigenvalue weighted by atomic mass is 32.1. The van der Waals surface area contributed by atoms with E-state index in [9.17, 15) is 14.7 Å². The average molecular weight is 316 g/mol. The van der Waals surface area contributed by atoms with Gasteiger partial charge in [-0.15, -0.1) is 11.3 Å². The van der Waals surface area contributed by atoms with Gasteiger partial charge in [-0.25, -0.2) is 9.78 Å². The zero-order valence-corrected chi connectivity index (χ0v) is 12.9. The summed E-state index contributed by atoms with van der Waals surface area (Å²) >= 11 is 1.52. The van der Waals surface area contributed by atoms with Crippen LogP contribution in [-0.4, -0.2) is 27.5 Å². The van der Waals surface area contributed by atoms with Crippen LogP contribution >= 0.6 is 11.3 Å². The van der Waals surface area contributed by atoms with Crippen molar-refractivity contribution < 1.29 is 14.7 Å². The number of benzene rings is 1. The number of amides is 1. The number of carboxylic acid groups (broad SMARTS) is 1. The molecule has 0 spiro atoms. The molecular formula is C16H16N2O3S. The van der Waals surface area contributed by atoms with Crippen LogP contribution in [-0.2, 0) is 4.79 Å². The van der Waals surface area contributed by atoms with Gasteiger partial charge in [-0.05, 0) is 38.3 Å². The van der Waals surface area contributed by atoms with Gasteiger partial charge >= 0.3 is 5.97 Å². The molecule has 0 bridgehead atoms. The summed E-state index contributed by atoms with van der Waals surface area (Å²) in [5.74, 6) is -1.31. The van der Waals surface area contributed by atoms with Crippen molar-refractivity contribution in [3.8, 4) is 10.6 Å². The van der Waals surface area contributed by atoms with Crippen molar-refractivity contribution in [1.29, 1.82) is 0 Å². The molecule has 0 atom stereocenters. The number of nitrogens with one attached hydrogen (secondary N) is 1. The molecule has 1 saturated carbocycles. The molecule has 22 heavy (non-hydrogen) atoms. The Bertz CT molecular complexity index is 734. The van der Waals surface area contributed by atoms with Crippen molar-refractivity contribution in [1.82, 2.24) is 10.3 Å². The van der Waals surface area contributed by atoms with E-state index in [1.54, 1.807) is 18.2 Å². The molecule has 1 aliphatic rings. The summed E-state index contributed by atoms with van der Waals surface area (Å²) in [6.45, 7) is 1.92. The number of nitrogens with zero attached hydrogens (tertiary/aromatic N) is 1. The minimum absolute atomic E-state index is 0.350. The molecule has 5 nitrogen and oxygen atoms in total. The zero-order chi connectivity index (χ0) is 15.7. The fourth-order valence-corrected chi connectivity index (χ4v) is 3.29. The lowest BCUT2D eigenvalue weighted by molar-refractivity contribution is -0.148. The number of rotatable bonds is 4. The molecule has 0 aliphatic heterocycles. The summed E-state index contributed by atoms with van der Waals surface area (Å²) in [6, 6.07) is 7.12. The first-order chi connectivity index (χ1) is 10.5. The number of carbonyl (C=O) groups excluding carboxylic acids is 1. The Morgan fingerprint density at radius 2 is 2.14 bits per heavy atom. The third-order valence-corrected chi connectivity index (χ3v) is 4.97. The summed E-state index contributed by atoms with van der Waals surface area (Å²) in [4.78, 5) is 28.1. The number of carboxylic acids is 1. The Hall–Kier alpha value is -2.21. The van der Waals surface area contributed by atoms with Crippen molar-refractivity contribution in [2.24, 2.45) is 0 Å². The van der Waals surface area contributed by atoms with Crippen molar-refractivity contribution in [3.63, 3.8) is 0 Å². The Kier molecular flexibility index (Phi) is 3.70. The molecule has 0 radical (unpaired) electrons. The molecule has 1 aromatic carbocycles. The number of aliphatic carboxylic acids is 1. The second-order valence-electron chi connectivity index (χ2n) is 5.57. The van der Waals surface area contributed by atoms with Gasteiger partial charge in [-0.2, -0.15) is 0 Å². The summed E-state index contributed by atoms with van der Waals surface area (Å²) in [7, 11) is 0. The van der Waals surface area contributed by atoms with Gasteiger partial charge in [-0.1, -0.05) is 12.1 Å². The first-order valence-electron chi connectivity index (χ1n) is 7.09. The summed E-state index contributed by atoms with van der Waals surface area (Å²) < 4.78 is 0. The fraction of sp³-hybridized carbons (Fsp3) is 0.312. The highest BCUT2D eigenvalue weighted by molar-refractivity contribution is 7.13. The van der Waals surface area contributed by atoms with Crippen LogP contribution < -0.4 is 5.32 Å². The third kappa shape index (κ3) is 2.62. The number of aryl methyl sites for hydroxylation is 1. The largest absolute Gasteiger partial charge is 0.480 e. The molecule has 6 heteroatoms. The van der Waals surface area contributed by atoms with E-state index in [4.69, 9.17) is 0 Å². The maximum absolute atomic E-state index is 12.4. The molecular weight excluding hydrogens is 300 g/mol. The van der Waals surface area contributed by atoms with E-state index < -0.39 is 11.5 Å². The van der Waals surface area contributed by atoms with E-state index in [1.807, 2.05) is 18.4 Å². The van der Waals surface area contributed by atoms with Crippen LogP contribution in [0.5, 0.6) is 0 Å². The molecule has 2 aromatic rings. The Balaban J connectivity index is 1.83. The molecule has 0 saturated heterocycles. The smallest absolute Gasteiger partial charge is 0.329 e. The highest BCUT2D eigenvalue weighted by Crippen LogP contribution is 2.32. The van der Waals surface area contributed by atoms with Gasteiger partial charge in [0.25, 0.3) is 5.91 Å². The molecule has 1 heterocycles. The minimum Gasteiger partial charge on any atom is -0.480 e. The number of hydrogen-bond donors (Lipinski definition) is 2. The maximum Gasteiger partial charge on any atom is 0.329 e. The molecule has 1 fully saturated rings. The summed E-state index contributed by atoms with van der Waals surface area (Å²) in [5.41, 5.74) is 1.17. The van der Waals surface area contributed by atoms with Crippen molar-refractivity contribution in [2.75, 3.05) is 0 Å². The van der Waals surface area contributed by atoms with Crippen LogP contribution in [0, 0.1) is 6.92 Å². The van der Waals surface area contributed by atoms with Gasteiger partial charge in [0.15, 0.2) is 0 Å². The van der Waals surface area contributed by atoms with Gasteiger partial charge < -0.3 is 10.4 Å². The van der Waals surface area contributed by atoms with Crippen LogP contribution in [0.4, 0.5) is 0 Å². The van der Waals surface area contributed by atoms with Gasteiger partial charge in [0, 0.05) is 22.2 Å². The van der Waals surface area contributed by atoms with Crippen LogP contribution in [0.25, 0.3) is 10.6 Å². The predicted octanol–water partition coefficient (Wildman–Crippen LogP) is 2.86. The van der Waals surface area contributed by atoms with Gasteiger partial charge in [0.1, 0.15) is 10.5 Å². The standard InChI is InChI=1S/C16H16N2O3S/c1-10-9-22-14(17-10)12-5-2-4-11(8-12)13(19)18-16(15(20)21)6-3-7-16/h2,4-5,8-9H,3,6-7H2,1H3,(H,18,19)(H,20,21). The van der Waals surface area contributed by atoms with Gasteiger partial charge in [0.2, 0.25) is 0 Å². The van der Waals surface area contributed by atoms with E-state index in [1.165, 1.54) is 11.3 Å². The molecule has 1 aromatic heterocycles. The second-order valence-corrected chi connectivity index (χ2v) is 6.43. The predicted molar refractivity (Wildman–Crippen MR) is 84.0 cm³/mol. The maximum atomic E-state index is 12.4. The number of carbonyl (C=O) groups is 2. The molecule has 3 rings (SSSR count). The van der Waals surface area contributed by atoms with Crippen LogP contribution in [0.15, 0.2) is 29.6 Å². The monoisotopic (exact) mass is 316 g/mol. The van der Waals surface area contributed by atoms with E-state index >= 15 is 0 Å². The van der Waals surface area contributed by atoms with Crippen molar-refractivity contribution >= 4 is 23.2 Å². The lowest BCUT2D eigenvalue weighted by Crippen LogP contribution is -2.59. The Morgan fingerprint density at radius 3 is 2.68 bits per heavy atom. The van der Waals surface area contributed by atoms with Crippen LogP contribution in [0.1, 0.15) is 35.3 Å². The molecule has 114 valence electrons. The SMILES string of the molecule is Cc1csc(-c2cccc(C(=O)NC3(C(=O)O)CCC3)c2)n1. The molecule has 1 aliphatic carbocycles. The second kappa shape index (κ2) is 5.53. The summed E-state index contributed by atoms with van der Waals surface area (Å²) in [5, 5.41) is 14.8. The van der Waals surface area contributed by atoms with E-state index in [0.29, 0.717) is 18.4 Å². The summed E-state index contributed by atoms with van der Waals surface area (Å²) in [6.07, 6.45) is 1.80.